The highest BCUT2D eigenvalue weighted by Gasteiger charge is 1.99. The molecule has 0 unspecified atom stereocenters. The number of H-pyrrole nitrogens is 1. The molecule has 0 atom stereocenters. The average Bonchev–Trinajstić information content (AvgIpc) is 2.67. The molecule has 0 aliphatic carbocycles. The Morgan fingerprint density at radius 2 is 2.36 bits per heavy atom. The minimum atomic E-state index is 0.745. The van der Waals surface area contributed by atoms with E-state index in [-0.39, 0.29) is 0 Å². The minimum Gasteiger partial charge on any atom is -0.323 e. The van der Waals surface area contributed by atoms with Gasteiger partial charge in [-0.25, -0.2) is 9.97 Å². The maximum absolute atomic E-state index is 4.09. The summed E-state index contributed by atoms with van der Waals surface area (Å²) in [4.78, 5) is 7.86. The topological polar surface area (TPSA) is 66.5 Å². The molecule has 0 amide bonds. The van der Waals surface area contributed by atoms with Gasteiger partial charge in [-0.05, 0) is 12.5 Å². The first-order valence-electron chi connectivity index (χ1n) is 4.46. The molecule has 0 aliphatic heterocycles. The van der Waals surface area contributed by atoms with Gasteiger partial charge in [0.25, 0.3) is 0 Å². The molecular weight excluding hydrogens is 178 g/mol. The zero-order chi connectivity index (χ0) is 9.80. The largest absolute Gasteiger partial charge is 0.323 e. The Bertz CT molecular complexity index is 395. The minimum absolute atomic E-state index is 0.745. The summed E-state index contributed by atoms with van der Waals surface area (Å²) in [6.07, 6.45) is 4.12. The van der Waals surface area contributed by atoms with Crippen LogP contribution in [0.4, 0.5) is 11.6 Å². The molecule has 0 aromatic carbocycles. The normalized spacial score (nSPS) is 10.1. The van der Waals surface area contributed by atoms with E-state index in [9.17, 15) is 0 Å². The summed E-state index contributed by atoms with van der Waals surface area (Å²) in [6.45, 7) is 2.07. The van der Waals surface area contributed by atoms with Crippen LogP contribution in [0.25, 0.3) is 0 Å². The number of nitrogens with zero attached hydrogens (tertiary/aromatic N) is 3. The molecule has 0 aliphatic rings. The van der Waals surface area contributed by atoms with Gasteiger partial charge in [-0.2, -0.15) is 5.10 Å². The standard InChI is InChI=1S/C9H11N5/c1-2-7-5-9(14-13-7)12-8-3-4-10-6-11-8/h3-6H,2H2,1H3,(H2,10,11,12,13,14). The van der Waals surface area contributed by atoms with E-state index in [4.69, 9.17) is 0 Å². The number of anilines is 2. The Kier molecular flexibility index (Phi) is 2.40. The van der Waals surface area contributed by atoms with Crippen molar-refractivity contribution in [1.82, 2.24) is 20.2 Å². The zero-order valence-corrected chi connectivity index (χ0v) is 7.86. The quantitative estimate of drug-likeness (QED) is 0.768. The molecule has 72 valence electrons. The molecule has 0 saturated carbocycles. The second-order valence-electron chi connectivity index (χ2n) is 2.85. The van der Waals surface area contributed by atoms with Crippen LogP contribution in [0.5, 0.6) is 0 Å². The van der Waals surface area contributed by atoms with Gasteiger partial charge in [-0.1, -0.05) is 6.92 Å². The van der Waals surface area contributed by atoms with Crippen molar-refractivity contribution in [2.75, 3.05) is 5.32 Å². The van der Waals surface area contributed by atoms with Crippen LogP contribution in [0.2, 0.25) is 0 Å². The lowest BCUT2D eigenvalue weighted by Gasteiger charge is -1.98. The van der Waals surface area contributed by atoms with Crippen molar-refractivity contribution in [3.63, 3.8) is 0 Å². The van der Waals surface area contributed by atoms with Crippen molar-refractivity contribution in [3.8, 4) is 0 Å². The zero-order valence-electron chi connectivity index (χ0n) is 7.86. The number of hydrogen-bond donors (Lipinski definition) is 2. The molecule has 0 fully saturated rings. The first-order chi connectivity index (χ1) is 6.88. The molecule has 2 heterocycles. The molecule has 0 spiro atoms. The molecular formula is C9H11N5. The van der Waals surface area contributed by atoms with E-state index in [1.165, 1.54) is 6.33 Å². The Morgan fingerprint density at radius 3 is 3.00 bits per heavy atom. The van der Waals surface area contributed by atoms with E-state index in [2.05, 4.69) is 32.4 Å². The summed E-state index contributed by atoms with van der Waals surface area (Å²) in [5.41, 5.74) is 1.10. The van der Waals surface area contributed by atoms with Crippen LogP contribution in [0, 0.1) is 0 Å². The van der Waals surface area contributed by atoms with Crippen LogP contribution in [0.1, 0.15) is 12.6 Å². The van der Waals surface area contributed by atoms with E-state index in [0.717, 1.165) is 23.8 Å². The Balaban J connectivity index is 2.11. The number of rotatable bonds is 3. The fraction of sp³-hybridized carbons (Fsp3) is 0.222. The summed E-state index contributed by atoms with van der Waals surface area (Å²) in [7, 11) is 0. The Morgan fingerprint density at radius 1 is 1.43 bits per heavy atom. The summed E-state index contributed by atoms with van der Waals surface area (Å²) in [6, 6.07) is 3.75. The average molecular weight is 189 g/mol. The molecule has 2 aromatic heterocycles. The molecule has 2 aromatic rings. The highest BCUT2D eigenvalue weighted by molar-refractivity contribution is 5.50. The predicted molar refractivity (Wildman–Crippen MR) is 53.3 cm³/mol. The van der Waals surface area contributed by atoms with Gasteiger partial charge in [-0.15, -0.1) is 0 Å². The van der Waals surface area contributed by atoms with E-state index in [1.54, 1.807) is 12.3 Å². The summed E-state index contributed by atoms with van der Waals surface area (Å²) in [5, 5.41) is 10.1. The summed E-state index contributed by atoms with van der Waals surface area (Å²) >= 11 is 0. The van der Waals surface area contributed by atoms with Gasteiger partial charge in [-0.3, -0.25) is 5.10 Å². The fourth-order valence-corrected chi connectivity index (χ4v) is 1.10. The number of aromatic amines is 1. The molecule has 5 nitrogen and oxygen atoms in total. The molecule has 5 heteroatoms. The van der Waals surface area contributed by atoms with Crippen LogP contribution in [-0.2, 0) is 6.42 Å². The predicted octanol–water partition coefficient (Wildman–Crippen LogP) is 1.51. The van der Waals surface area contributed by atoms with Gasteiger partial charge < -0.3 is 5.32 Å². The summed E-state index contributed by atoms with van der Waals surface area (Å²) in [5.74, 6) is 1.52. The molecule has 0 bridgehead atoms. The molecule has 0 saturated heterocycles. The van der Waals surface area contributed by atoms with Gasteiger partial charge in [0, 0.05) is 18.0 Å². The van der Waals surface area contributed by atoms with Crippen LogP contribution in [0.15, 0.2) is 24.7 Å². The molecule has 2 N–H and O–H groups in total. The number of aromatic nitrogens is 4. The lowest BCUT2D eigenvalue weighted by molar-refractivity contribution is 0.975. The highest BCUT2D eigenvalue weighted by Crippen LogP contribution is 2.11. The maximum atomic E-state index is 4.09. The van der Waals surface area contributed by atoms with E-state index < -0.39 is 0 Å². The van der Waals surface area contributed by atoms with Crippen molar-refractivity contribution in [2.45, 2.75) is 13.3 Å². The van der Waals surface area contributed by atoms with Crippen LogP contribution in [-0.4, -0.2) is 20.2 Å². The van der Waals surface area contributed by atoms with Gasteiger partial charge in [0.05, 0.1) is 0 Å². The van der Waals surface area contributed by atoms with Crippen molar-refractivity contribution in [2.24, 2.45) is 0 Å². The molecule has 14 heavy (non-hydrogen) atoms. The van der Waals surface area contributed by atoms with Crippen molar-refractivity contribution >= 4 is 11.6 Å². The highest BCUT2D eigenvalue weighted by atomic mass is 15.2. The second kappa shape index (κ2) is 3.87. The van der Waals surface area contributed by atoms with E-state index in [1.807, 2.05) is 6.07 Å². The third-order valence-corrected chi connectivity index (χ3v) is 1.85. The van der Waals surface area contributed by atoms with Crippen LogP contribution < -0.4 is 5.32 Å². The van der Waals surface area contributed by atoms with E-state index in [0.29, 0.717) is 0 Å². The number of nitrogens with one attached hydrogen (secondary N) is 2. The molecule has 2 rings (SSSR count). The molecule has 0 radical (unpaired) electrons. The monoisotopic (exact) mass is 189 g/mol. The van der Waals surface area contributed by atoms with Crippen LogP contribution in [0.3, 0.4) is 0 Å². The Hall–Kier alpha value is -1.91. The lowest BCUT2D eigenvalue weighted by atomic mass is 10.3. The third kappa shape index (κ3) is 1.87. The third-order valence-electron chi connectivity index (χ3n) is 1.85. The Labute approximate surface area is 81.6 Å². The lowest BCUT2D eigenvalue weighted by Crippen LogP contribution is -1.93. The second-order valence-corrected chi connectivity index (χ2v) is 2.85. The summed E-state index contributed by atoms with van der Waals surface area (Å²) < 4.78 is 0. The smallest absolute Gasteiger partial charge is 0.153 e. The SMILES string of the molecule is CCc1cc(Nc2ccncn2)n[nH]1. The van der Waals surface area contributed by atoms with Crippen molar-refractivity contribution in [1.29, 1.82) is 0 Å². The maximum Gasteiger partial charge on any atom is 0.153 e. The van der Waals surface area contributed by atoms with Gasteiger partial charge in [0.2, 0.25) is 0 Å². The number of aryl methyl sites for hydroxylation is 1. The number of hydrogen-bond acceptors (Lipinski definition) is 4. The van der Waals surface area contributed by atoms with Crippen molar-refractivity contribution < 1.29 is 0 Å². The van der Waals surface area contributed by atoms with Gasteiger partial charge in [0.1, 0.15) is 12.1 Å². The fourth-order valence-electron chi connectivity index (χ4n) is 1.10. The van der Waals surface area contributed by atoms with Gasteiger partial charge in [0.15, 0.2) is 5.82 Å². The van der Waals surface area contributed by atoms with E-state index >= 15 is 0 Å². The first-order valence-corrected chi connectivity index (χ1v) is 4.46. The van der Waals surface area contributed by atoms with Crippen LogP contribution >= 0.6 is 0 Å². The first kappa shape index (κ1) is 8.68. The van der Waals surface area contributed by atoms with Gasteiger partial charge >= 0.3 is 0 Å². The van der Waals surface area contributed by atoms with Crippen molar-refractivity contribution in [3.05, 3.63) is 30.4 Å².